The number of nitrogens with zero attached hydrogens (tertiary/aromatic N) is 3. The molecular formula is C39H53F3N4O11S. The quantitative estimate of drug-likeness (QED) is 0.109. The maximum atomic E-state index is 17.5. The molecule has 0 radical (unpaired) electrons. The predicted molar refractivity (Wildman–Crippen MR) is 209 cm³/mol. The van der Waals surface area contributed by atoms with Crippen molar-refractivity contribution in [3.05, 3.63) is 66.0 Å². The molecule has 0 saturated heterocycles. The molecule has 0 spiro atoms. The van der Waals surface area contributed by atoms with E-state index in [9.17, 15) is 36.4 Å². The largest absolute Gasteiger partial charge is 0.487 e. The van der Waals surface area contributed by atoms with Crippen LogP contribution in [0.3, 0.4) is 0 Å². The average molecular weight is 843 g/mol. The summed E-state index contributed by atoms with van der Waals surface area (Å²) < 4.78 is 102. The fourth-order valence-electron chi connectivity index (χ4n) is 5.55. The van der Waals surface area contributed by atoms with Gasteiger partial charge in [-0.1, -0.05) is 43.0 Å². The molecule has 0 fully saturated rings. The smallest absolute Gasteiger partial charge is 0.422 e. The van der Waals surface area contributed by atoms with Gasteiger partial charge in [0.1, 0.15) is 48.0 Å². The lowest BCUT2D eigenvalue weighted by Crippen LogP contribution is -2.49. The van der Waals surface area contributed by atoms with Crippen LogP contribution in [0.15, 0.2) is 49.1 Å². The molecule has 1 heterocycles. The van der Waals surface area contributed by atoms with E-state index in [0.29, 0.717) is 5.56 Å². The number of nitrogens with one attached hydrogen (secondary N) is 1. The number of hydrogen-bond acceptors (Lipinski definition) is 11. The fourth-order valence-corrected chi connectivity index (χ4v) is 6.62. The molecule has 0 bridgehead atoms. The average Bonchev–Trinajstić information content (AvgIpc) is 3.43. The minimum Gasteiger partial charge on any atom is -0.487 e. The zero-order valence-corrected chi connectivity index (χ0v) is 35.0. The number of amides is 3. The zero-order chi connectivity index (χ0) is 43.8. The molecule has 0 aliphatic carbocycles. The van der Waals surface area contributed by atoms with Gasteiger partial charge in [-0.3, -0.25) is 9.69 Å². The van der Waals surface area contributed by atoms with Gasteiger partial charge in [0.05, 0.1) is 11.7 Å². The third-order valence-electron chi connectivity index (χ3n) is 7.65. The van der Waals surface area contributed by atoms with Crippen LogP contribution in [0.1, 0.15) is 79.9 Å². The molecule has 58 heavy (non-hydrogen) atoms. The van der Waals surface area contributed by atoms with Gasteiger partial charge >= 0.3 is 34.5 Å². The van der Waals surface area contributed by atoms with Crippen molar-refractivity contribution in [2.45, 2.75) is 111 Å². The van der Waals surface area contributed by atoms with Crippen LogP contribution in [0.25, 0.3) is 0 Å². The minimum absolute atomic E-state index is 0.172. The summed E-state index contributed by atoms with van der Waals surface area (Å²) in [5.41, 5.74) is -4.03. The molecule has 0 saturated carbocycles. The first-order valence-corrected chi connectivity index (χ1v) is 19.8. The Morgan fingerprint density at radius 3 is 2.12 bits per heavy atom. The van der Waals surface area contributed by atoms with Crippen LogP contribution in [0.4, 0.5) is 38.9 Å². The first kappa shape index (κ1) is 47.2. The van der Waals surface area contributed by atoms with E-state index in [-0.39, 0.29) is 22.2 Å². The Labute approximate surface area is 337 Å². The van der Waals surface area contributed by atoms with Gasteiger partial charge in [-0.15, -0.1) is 0 Å². The lowest BCUT2D eigenvalue weighted by Gasteiger charge is -2.33. The maximum Gasteiger partial charge on any atom is 0.422 e. The molecule has 1 N–H and O–H groups in total. The normalized spacial score (nSPS) is 14.3. The summed E-state index contributed by atoms with van der Waals surface area (Å²) in [6.07, 6.45) is -6.28. The first-order chi connectivity index (χ1) is 26.7. The predicted octanol–water partition coefficient (Wildman–Crippen LogP) is 7.27. The third kappa shape index (κ3) is 14.0. The number of esters is 1. The SMILES string of the molecule is C=CCOC(=O)NS(=O)(=O)N(CC(=O)OC(C)(C)C)c1c(OCc2ccccc2)cc2c(c1F)C[C@H](CN(CCC(F)F)C(=O)OC(C)(C)C)N2C(=O)OC(C)(C)C. The first-order valence-electron chi connectivity index (χ1n) is 18.3. The van der Waals surface area contributed by atoms with E-state index >= 15 is 4.39 Å². The summed E-state index contributed by atoms with van der Waals surface area (Å²) in [6.45, 7) is 14.6. The van der Waals surface area contributed by atoms with E-state index in [1.54, 1.807) is 76.6 Å². The molecule has 3 amide bonds. The minimum atomic E-state index is -5.22. The highest BCUT2D eigenvalue weighted by molar-refractivity contribution is 7.91. The highest BCUT2D eigenvalue weighted by atomic mass is 32.2. The lowest BCUT2D eigenvalue weighted by molar-refractivity contribution is -0.152. The topological polar surface area (TPSA) is 170 Å². The third-order valence-corrected chi connectivity index (χ3v) is 8.97. The Hall–Kier alpha value is -5.20. The van der Waals surface area contributed by atoms with Gasteiger partial charge in [0.2, 0.25) is 6.43 Å². The van der Waals surface area contributed by atoms with Crippen LogP contribution in [-0.4, -0.2) is 93.1 Å². The number of alkyl halides is 2. The standard InChI is InChI=1S/C39H53F3N4O11S/c1-11-19-53-34(48)43-58(51,52)45(23-31(47)55-37(2,3)4)33-29(54-24-25-15-13-12-14-16-25)21-28-27(32(33)42)20-26(46(28)36(50)57-39(8,9)10)22-44(18-17-30(40)41)35(49)56-38(5,6)7/h11-16,21,26,30H,1,17-20,22-24H2,2-10H3,(H,43,48)/t26-/m1/s1. The Bertz CT molecular complexity index is 1910. The summed E-state index contributed by atoms with van der Waals surface area (Å²) in [6, 6.07) is 8.43. The second kappa shape index (κ2) is 19.0. The van der Waals surface area contributed by atoms with Gasteiger partial charge < -0.3 is 28.6 Å². The number of carbonyl (C=O) groups excluding carboxylic acids is 4. The molecule has 3 rings (SSSR count). The molecule has 2 aromatic carbocycles. The van der Waals surface area contributed by atoms with Crippen LogP contribution >= 0.6 is 0 Å². The van der Waals surface area contributed by atoms with Crippen LogP contribution < -0.4 is 18.7 Å². The molecule has 1 atom stereocenters. The molecule has 322 valence electrons. The molecule has 0 aromatic heterocycles. The van der Waals surface area contributed by atoms with Gasteiger partial charge in [-0.25, -0.2) is 36.6 Å². The second-order valence-corrected chi connectivity index (χ2v) is 17.8. The van der Waals surface area contributed by atoms with Crippen molar-refractivity contribution in [1.29, 1.82) is 0 Å². The van der Waals surface area contributed by atoms with Gasteiger partial charge in [0.15, 0.2) is 5.82 Å². The maximum absolute atomic E-state index is 17.5. The molecule has 0 unspecified atom stereocenters. The summed E-state index contributed by atoms with van der Waals surface area (Å²) in [5.74, 6) is -2.96. The molecule has 15 nitrogen and oxygen atoms in total. The van der Waals surface area contributed by atoms with Gasteiger partial charge in [0.25, 0.3) is 0 Å². The Kier molecular flexibility index (Phi) is 15.5. The number of anilines is 2. The molecule has 19 heteroatoms. The zero-order valence-electron chi connectivity index (χ0n) is 34.2. The van der Waals surface area contributed by atoms with Crippen molar-refractivity contribution >= 4 is 45.8 Å². The number of benzene rings is 2. The van der Waals surface area contributed by atoms with Crippen LogP contribution in [0.2, 0.25) is 0 Å². The Balaban J connectivity index is 2.33. The Morgan fingerprint density at radius 1 is 0.966 bits per heavy atom. The highest BCUT2D eigenvalue weighted by Gasteiger charge is 2.44. The second-order valence-electron chi connectivity index (χ2n) is 16.2. The van der Waals surface area contributed by atoms with Crippen molar-refractivity contribution in [3.8, 4) is 5.75 Å². The van der Waals surface area contributed by atoms with E-state index in [1.807, 2.05) is 0 Å². The summed E-state index contributed by atoms with van der Waals surface area (Å²) in [7, 11) is -5.22. The van der Waals surface area contributed by atoms with E-state index in [1.165, 1.54) is 26.8 Å². The monoisotopic (exact) mass is 842 g/mol. The van der Waals surface area contributed by atoms with Crippen molar-refractivity contribution < 1.29 is 64.5 Å². The van der Waals surface area contributed by atoms with E-state index in [4.69, 9.17) is 23.7 Å². The van der Waals surface area contributed by atoms with Crippen molar-refractivity contribution in [3.63, 3.8) is 0 Å². The van der Waals surface area contributed by atoms with E-state index in [0.717, 1.165) is 15.9 Å². The Morgan fingerprint density at radius 2 is 1.57 bits per heavy atom. The van der Waals surface area contributed by atoms with E-state index < -0.39 is 120 Å². The van der Waals surface area contributed by atoms with Crippen molar-refractivity contribution in [2.75, 3.05) is 35.4 Å². The van der Waals surface area contributed by atoms with Gasteiger partial charge in [-0.05, 0) is 67.9 Å². The molecule has 2 aromatic rings. The molecule has 1 aliphatic rings. The number of carbonyl (C=O) groups is 4. The molecule has 1 aliphatic heterocycles. The van der Waals surface area contributed by atoms with Crippen LogP contribution in [0.5, 0.6) is 5.75 Å². The van der Waals surface area contributed by atoms with Crippen LogP contribution in [0, 0.1) is 5.82 Å². The number of ether oxygens (including phenoxy) is 5. The summed E-state index contributed by atoms with van der Waals surface area (Å²) >= 11 is 0. The number of rotatable bonds is 15. The highest BCUT2D eigenvalue weighted by Crippen LogP contribution is 2.46. The lowest BCUT2D eigenvalue weighted by atomic mass is 10.1. The number of halogens is 3. The summed E-state index contributed by atoms with van der Waals surface area (Å²) in [5, 5.41) is 0. The summed E-state index contributed by atoms with van der Waals surface area (Å²) in [4.78, 5) is 55.2. The van der Waals surface area contributed by atoms with Crippen molar-refractivity contribution in [2.24, 2.45) is 0 Å². The fraction of sp³-hybridized carbons (Fsp3) is 0.538. The molecular weight excluding hydrogens is 790 g/mol. The van der Waals surface area contributed by atoms with Gasteiger partial charge in [0, 0.05) is 37.6 Å². The van der Waals surface area contributed by atoms with E-state index in [2.05, 4.69) is 6.58 Å². The van der Waals surface area contributed by atoms with Gasteiger partial charge in [-0.2, -0.15) is 8.42 Å². The van der Waals surface area contributed by atoms with Crippen LogP contribution in [-0.2, 0) is 47.0 Å². The number of hydrogen-bond donors (Lipinski definition) is 1. The number of fused-ring (bicyclic) bond motifs is 1. The van der Waals surface area contributed by atoms with Crippen molar-refractivity contribution in [1.82, 2.24) is 9.62 Å².